The topological polar surface area (TPSA) is 43.4 Å². The number of hydrogen-bond donors (Lipinski definition) is 0. The van der Waals surface area contributed by atoms with Crippen LogP contribution in [0, 0.1) is 0 Å². The summed E-state index contributed by atoms with van der Waals surface area (Å²) < 4.78 is 4.80. The molecule has 0 spiro atoms. The molecule has 0 heterocycles. The van der Waals surface area contributed by atoms with Crippen molar-refractivity contribution in [2.45, 2.75) is 84.5 Å². The molecule has 0 rings (SSSR count). The number of esters is 1. The Bertz CT molecular complexity index is 318. The summed E-state index contributed by atoms with van der Waals surface area (Å²) in [6.07, 6.45) is 12.4. The minimum absolute atomic E-state index is 0.254. The predicted molar refractivity (Wildman–Crippen MR) is 87.2 cm³/mol. The molecule has 0 bridgehead atoms. The minimum Gasteiger partial charge on any atom is -0.466 e. The van der Waals surface area contributed by atoms with Gasteiger partial charge < -0.3 is 4.74 Å². The third-order valence-corrected chi connectivity index (χ3v) is 3.63. The molecule has 0 unspecified atom stereocenters. The first kappa shape index (κ1) is 19.9. The molecule has 0 aliphatic rings. The summed E-state index contributed by atoms with van der Waals surface area (Å²) in [6, 6.07) is 0. The van der Waals surface area contributed by atoms with Crippen LogP contribution in [0.5, 0.6) is 0 Å². The average molecular weight is 296 g/mol. The van der Waals surface area contributed by atoms with E-state index in [1.54, 1.807) is 0 Å². The lowest BCUT2D eigenvalue weighted by molar-refractivity contribution is -0.136. The fourth-order valence-electron chi connectivity index (χ4n) is 2.24. The van der Waals surface area contributed by atoms with Crippen LogP contribution in [0.3, 0.4) is 0 Å². The Labute approximate surface area is 130 Å². The maximum atomic E-state index is 11.8. The molecule has 0 saturated carbocycles. The van der Waals surface area contributed by atoms with E-state index in [9.17, 15) is 9.59 Å². The second-order valence-corrected chi connectivity index (χ2v) is 5.57. The summed E-state index contributed by atoms with van der Waals surface area (Å²) in [7, 11) is 1.40. The van der Waals surface area contributed by atoms with E-state index in [0.717, 1.165) is 32.1 Å². The first-order chi connectivity index (χ1) is 10.2. The first-order valence-electron chi connectivity index (χ1n) is 8.44. The standard InChI is InChI=1S/C18H32O3/c1-4-6-8-9-11-12-16(18(20)21-3)14-15-17(19)13-10-7-5-2/h12H,4-11,13-15H2,1-3H3/b16-12-. The van der Waals surface area contributed by atoms with Crippen molar-refractivity contribution in [3.63, 3.8) is 0 Å². The predicted octanol–water partition coefficient (Wildman–Crippen LogP) is 4.99. The van der Waals surface area contributed by atoms with E-state index < -0.39 is 0 Å². The second-order valence-electron chi connectivity index (χ2n) is 5.57. The Morgan fingerprint density at radius 3 is 2.14 bits per heavy atom. The minimum atomic E-state index is -0.285. The van der Waals surface area contributed by atoms with Gasteiger partial charge in [0.2, 0.25) is 0 Å². The van der Waals surface area contributed by atoms with Gasteiger partial charge in [0.15, 0.2) is 0 Å². The third kappa shape index (κ3) is 11.2. The Kier molecular flexibility index (Phi) is 13.1. The molecule has 0 aromatic rings. The van der Waals surface area contributed by atoms with E-state index in [2.05, 4.69) is 13.8 Å². The van der Waals surface area contributed by atoms with Crippen molar-refractivity contribution < 1.29 is 14.3 Å². The third-order valence-electron chi connectivity index (χ3n) is 3.63. The summed E-state index contributed by atoms with van der Waals surface area (Å²) in [5, 5.41) is 0. The zero-order valence-electron chi connectivity index (χ0n) is 14.1. The van der Waals surface area contributed by atoms with E-state index in [0.29, 0.717) is 24.8 Å². The van der Waals surface area contributed by atoms with Crippen LogP contribution in [0.2, 0.25) is 0 Å². The van der Waals surface area contributed by atoms with Crippen LogP contribution < -0.4 is 0 Å². The molecule has 0 N–H and O–H groups in total. The van der Waals surface area contributed by atoms with Gasteiger partial charge in [-0.1, -0.05) is 52.0 Å². The van der Waals surface area contributed by atoms with E-state index >= 15 is 0 Å². The highest BCUT2D eigenvalue weighted by Crippen LogP contribution is 2.13. The van der Waals surface area contributed by atoms with E-state index in [1.807, 2.05) is 6.08 Å². The number of hydrogen-bond acceptors (Lipinski definition) is 3. The molecule has 21 heavy (non-hydrogen) atoms. The second kappa shape index (κ2) is 13.8. The van der Waals surface area contributed by atoms with Crippen LogP contribution in [0.25, 0.3) is 0 Å². The van der Waals surface area contributed by atoms with Crippen molar-refractivity contribution in [3.05, 3.63) is 11.6 Å². The lowest BCUT2D eigenvalue weighted by atomic mass is 10.0. The van der Waals surface area contributed by atoms with Gasteiger partial charge in [-0.2, -0.15) is 0 Å². The van der Waals surface area contributed by atoms with Gasteiger partial charge in [0, 0.05) is 18.4 Å². The van der Waals surface area contributed by atoms with Crippen molar-refractivity contribution in [3.8, 4) is 0 Å². The Morgan fingerprint density at radius 1 is 0.857 bits per heavy atom. The highest BCUT2D eigenvalue weighted by atomic mass is 16.5. The van der Waals surface area contributed by atoms with Crippen LogP contribution in [0.4, 0.5) is 0 Å². The molecule has 3 heteroatoms. The molecule has 3 nitrogen and oxygen atoms in total. The highest BCUT2D eigenvalue weighted by Gasteiger charge is 2.11. The number of Topliss-reactive ketones (excluding diaryl/α,β-unsaturated/α-hetero) is 1. The molecule has 0 saturated heterocycles. The maximum Gasteiger partial charge on any atom is 0.333 e. The fraction of sp³-hybridized carbons (Fsp3) is 0.778. The number of unbranched alkanes of at least 4 members (excludes halogenated alkanes) is 6. The summed E-state index contributed by atoms with van der Waals surface area (Å²) in [4.78, 5) is 23.5. The van der Waals surface area contributed by atoms with E-state index in [-0.39, 0.29) is 11.8 Å². The lowest BCUT2D eigenvalue weighted by Gasteiger charge is -2.06. The normalized spacial score (nSPS) is 11.5. The molecule has 0 radical (unpaired) electrons. The van der Waals surface area contributed by atoms with Crippen molar-refractivity contribution in [2.75, 3.05) is 7.11 Å². The number of carbonyl (C=O) groups is 2. The first-order valence-corrected chi connectivity index (χ1v) is 8.44. The van der Waals surface area contributed by atoms with Gasteiger partial charge >= 0.3 is 5.97 Å². The lowest BCUT2D eigenvalue weighted by Crippen LogP contribution is -2.07. The van der Waals surface area contributed by atoms with Crippen LogP contribution in [0.15, 0.2) is 11.6 Å². The number of carbonyl (C=O) groups excluding carboxylic acids is 2. The Morgan fingerprint density at radius 2 is 1.52 bits per heavy atom. The summed E-state index contributed by atoms with van der Waals surface area (Å²) in [6.45, 7) is 4.31. The van der Waals surface area contributed by atoms with Gasteiger partial charge in [0.25, 0.3) is 0 Å². The quantitative estimate of drug-likeness (QED) is 0.273. The molecule has 0 amide bonds. The molecule has 0 fully saturated rings. The van der Waals surface area contributed by atoms with Crippen molar-refractivity contribution in [1.29, 1.82) is 0 Å². The number of allylic oxidation sites excluding steroid dienone is 1. The summed E-state index contributed by atoms with van der Waals surface area (Å²) >= 11 is 0. The van der Waals surface area contributed by atoms with E-state index in [4.69, 9.17) is 4.74 Å². The SMILES string of the molecule is CCCCCC/C=C(/CCC(=O)CCCCC)C(=O)OC. The van der Waals surface area contributed by atoms with Gasteiger partial charge in [0.1, 0.15) is 5.78 Å². The molecule has 0 aromatic carbocycles. The zero-order valence-corrected chi connectivity index (χ0v) is 14.1. The molecule has 0 aromatic heterocycles. The van der Waals surface area contributed by atoms with Gasteiger partial charge in [-0.3, -0.25) is 4.79 Å². The average Bonchev–Trinajstić information content (AvgIpc) is 2.49. The van der Waals surface area contributed by atoms with E-state index in [1.165, 1.54) is 26.4 Å². The smallest absolute Gasteiger partial charge is 0.333 e. The van der Waals surface area contributed by atoms with Crippen LogP contribution in [0.1, 0.15) is 84.5 Å². The summed E-state index contributed by atoms with van der Waals surface area (Å²) in [5.41, 5.74) is 0.665. The number of methoxy groups -OCH3 is 1. The highest BCUT2D eigenvalue weighted by molar-refractivity contribution is 5.89. The molecular weight excluding hydrogens is 264 g/mol. The largest absolute Gasteiger partial charge is 0.466 e. The molecule has 0 atom stereocenters. The van der Waals surface area contributed by atoms with Gasteiger partial charge in [0.05, 0.1) is 7.11 Å². The fourth-order valence-corrected chi connectivity index (χ4v) is 2.24. The number of ketones is 1. The molecular formula is C18H32O3. The maximum absolute atomic E-state index is 11.8. The summed E-state index contributed by atoms with van der Waals surface area (Å²) in [5.74, 6) is -0.0314. The zero-order chi connectivity index (χ0) is 15.9. The van der Waals surface area contributed by atoms with Gasteiger partial charge in [-0.15, -0.1) is 0 Å². The molecule has 0 aliphatic carbocycles. The van der Waals surface area contributed by atoms with Crippen LogP contribution in [-0.2, 0) is 14.3 Å². The Balaban J connectivity index is 4.14. The monoisotopic (exact) mass is 296 g/mol. The number of ether oxygens (including phenoxy) is 1. The van der Waals surface area contributed by atoms with Gasteiger partial charge in [-0.05, 0) is 25.7 Å². The molecule has 122 valence electrons. The molecule has 0 aliphatic heterocycles. The number of rotatable bonds is 13. The van der Waals surface area contributed by atoms with Crippen molar-refractivity contribution in [1.82, 2.24) is 0 Å². The van der Waals surface area contributed by atoms with Crippen molar-refractivity contribution >= 4 is 11.8 Å². The van der Waals surface area contributed by atoms with Crippen molar-refractivity contribution in [2.24, 2.45) is 0 Å². The van der Waals surface area contributed by atoms with Crippen LogP contribution in [-0.4, -0.2) is 18.9 Å². The van der Waals surface area contributed by atoms with Gasteiger partial charge in [-0.25, -0.2) is 4.79 Å². The van der Waals surface area contributed by atoms with Crippen LogP contribution >= 0.6 is 0 Å². The Hall–Kier alpha value is -1.12.